The third kappa shape index (κ3) is 3.95. The summed E-state index contributed by atoms with van der Waals surface area (Å²) in [5.41, 5.74) is 7.24. The van der Waals surface area contributed by atoms with Crippen molar-refractivity contribution in [3.05, 3.63) is 33.3 Å². The van der Waals surface area contributed by atoms with Crippen LogP contribution in [0.3, 0.4) is 0 Å². The van der Waals surface area contributed by atoms with Crippen molar-refractivity contribution in [2.75, 3.05) is 33.4 Å². The van der Waals surface area contributed by atoms with Crippen molar-refractivity contribution in [1.82, 2.24) is 4.90 Å². The first-order chi connectivity index (χ1) is 9.65. The molecule has 0 radical (unpaired) electrons. The van der Waals surface area contributed by atoms with Gasteiger partial charge in [-0.05, 0) is 49.5 Å². The van der Waals surface area contributed by atoms with Crippen molar-refractivity contribution in [2.45, 2.75) is 18.9 Å². The van der Waals surface area contributed by atoms with Gasteiger partial charge in [-0.1, -0.05) is 33.6 Å². The molecular formula is C15H22BrClN2O. The number of hydrogen-bond donors (Lipinski definition) is 1. The van der Waals surface area contributed by atoms with Gasteiger partial charge in [0.1, 0.15) is 0 Å². The molecule has 3 nitrogen and oxygen atoms in total. The molecule has 1 aliphatic rings. The summed E-state index contributed by atoms with van der Waals surface area (Å²) in [5, 5.41) is 0.746. The Morgan fingerprint density at radius 1 is 1.45 bits per heavy atom. The third-order valence-electron chi connectivity index (χ3n) is 4.04. The molecule has 1 saturated heterocycles. The third-order valence-corrected chi connectivity index (χ3v) is 4.96. The van der Waals surface area contributed by atoms with Crippen LogP contribution in [0.4, 0.5) is 0 Å². The monoisotopic (exact) mass is 360 g/mol. The summed E-state index contributed by atoms with van der Waals surface area (Å²) < 4.78 is 6.30. The van der Waals surface area contributed by atoms with Crippen LogP contribution in [0.25, 0.3) is 0 Å². The molecule has 1 fully saturated rings. The highest BCUT2D eigenvalue weighted by molar-refractivity contribution is 9.10. The normalized spacial score (nSPS) is 19.2. The van der Waals surface area contributed by atoms with Crippen molar-refractivity contribution in [2.24, 2.45) is 11.7 Å². The summed E-state index contributed by atoms with van der Waals surface area (Å²) in [4.78, 5) is 2.47. The minimum Gasteiger partial charge on any atom is -0.384 e. The van der Waals surface area contributed by atoms with Crippen LogP contribution in [-0.4, -0.2) is 38.3 Å². The first kappa shape index (κ1) is 16.2. The van der Waals surface area contributed by atoms with Crippen LogP contribution in [0.15, 0.2) is 22.7 Å². The molecule has 0 saturated carbocycles. The maximum atomic E-state index is 6.02. The standard InChI is InChI=1S/C15H22BrClN2O/c1-20-10-11-4-6-19(7-5-11)15(9-18)13-3-2-12(17)8-14(13)16/h2-3,8,11,15H,4-7,9-10,18H2,1H3. The van der Waals surface area contributed by atoms with Crippen molar-refractivity contribution < 1.29 is 4.74 Å². The van der Waals surface area contributed by atoms with E-state index in [4.69, 9.17) is 22.1 Å². The number of piperidine rings is 1. The van der Waals surface area contributed by atoms with E-state index in [-0.39, 0.29) is 6.04 Å². The molecule has 2 N–H and O–H groups in total. The van der Waals surface area contributed by atoms with Gasteiger partial charge in [0.05, 0.1) is 0 Å². The Morgan fingerprint density at radius 3 is 2.70 bits per heavy atom. The molecule has 1 unspecified atom stereocenters. The lowest BCUT2D eigenvalue weighted by Gasteiger charge is -2.37. The highest BCUT2D eigenvalue weighted by Gasteiger charge is 2.26. The lowest BCUT2D eigenvalue weighted by Crippen LogP contribution is -2.40. The van der Waals surface area contributed by atoms with E-state index in [0.717, 1.165) is 29.2 Å². The van der Waals surface area contributed by atoms with Crippen molar-refractivity contribution >= 4 is 27.5 Å². The Hall–Kier alpha value is -0.130. The Balaban J connectivity index is 2.05. The van der Waals surface area contributed by atoms with E-state index in [1.165, 1.54) is 18.4 Å². The summed E-state index contributed by atoms with van der Waals surface area (Å²) in [6.45, 7) is 3.64. The zero-order chi connectivity index (χ0) is 14.5. The van der Waals surface area contributed by atoms with Gasteiger partial charge in [0.2, 0.25) is 0 Å². The van der Waals surface area contributed by atoms with Crippen LogP contribution in [0.5, 0.6) is 0 Å². The maximum absolute atomic E-state index is 6.02. The molecular weight excluding hydrogens is 340 g/mol. The second-order valence-electron chi connectivity index (χ2n) is 5.35. The molecule has 0 spiro atoms. The zero-order valence-electron chi connectivity index (χ0n) is 11.8. The number of benzene rings is 1. The molecule has 20 heavy (non-hydrogen) atoms. The fourth-order valence-electron chi connectivity index (χ4n) is 2.91. The van der Waals surface area contributed by atoms with Crippen LogP contribution < -0.4 is 5.73 Å². The molecule has 1 heterocycles. The minimum absolute atomic E-state index is 0.255. The number of nitrogens with zero attached hydrogens (tertiary/aromatic N) is 1. The number of halogens is 2. The topological polar surface area (TPSA) is 38.5 Å². The molecule has 5 heteroatoms. The average Bonchev–Trinajstić information content (AvgIpc) is 2.44. The molecule has 0 aliphatic carbocycles. The summed E-state index contributed by atoms with van der Waals surface area (Å²) in [6.07, 6.45) is 2.35. The molecule has 0 aromatic heterocycles. The van der Waals surface area contributed by atoms with E-state index in [0.29, 0.717) is 12.5 Å². The van der Waals surface area contributed by atoms with E-state index in [1.54, 1.807) is 7.11 Å². The van der Waals surface area contributed by atoms with Gasteiger partial charge in [-0.15, -0.1) is 0 Å². The maximum Gasteiger partial charge on any atom is 0.0491 e. The van der Waals surface area contributed by atoms with E-state index in [9.17, 15) is 0 Å². The van der Waals surface area contributed by atoms with Gasteiger partial charge in [-0.2, -0.15) is 0 Å². The van der Waals surface area contributed by atoms with E-state index >= 15 is 0 Å². The minimum atomic E-state index is 0.255. The van der Waals surface area contributed by atoms with E-state index < -0.39 is 0 Å². The lowest BCUT2D eigenvalue weighted by molar-refractivity contribution is 0.0809. The van der Waals surface area contributed by atoms with Gasteiger partial charge in [-0.25, -0.2) is 0 Å². The van der Waals surface area contributed by atoms with E-state index in [2.05, 4.69) is 26.9 Å². The van der Waals surface area contributed by atoms with Crippen molar-refractivity contribution in [1.29, 1.82) is 0 Å². The second kappa shape index (κ2) is 7.76. The van der Waals surface area contributed by atoms with Crippen LogP contribution in [0.2, 0.25) is 5.02 Å². The van der Waals surface area contributed by atoms with Gasteiger partial charge in [0, 0.05) is 35.8 Å². The highest BCUT2D eigenvalue weighted by Crippen LogP contribution is 2.32. The molecule has 1 aromatic carbocycles. The van der Waals surface area contributed by atoms with Crippen molar-refractivity contribution in [3.63, 3.8) is 0 Å². The number of hydrogen-bond acceptors (Lipinski definition) is 3. The first-order valence-electron chi connectivity index (χ1n) is 7.03. The van der Waals surface area contributed by atoms with Gasteiger partial charge >= 0.3 is 0 Å². The van der Waals surface area contributed by atoms with Crippen molar-refractivity contribution in [3.8, 4) is 0 Å². The number of likely N-dealkylation sites (tertiary alicyclic amines) is 1. The quantitative estimate of drug-likeness (QED) is 0.873. The van der Waals surface area contributed by atoms with Gasteiger partial charge in [-0.3, -0.25) is 4.90 Å². The molecule has 2 rings (SSSR count). The number of ether oxygens (including phenoxy) is 1. The zero-order valence-corrected chi connectivity index (χ0v) is 14.2. The summed E-state index contributed by atoms with van der Waals surface area (Å²) >= 11 is 9.62. The predicted octanol–water partition coefficient (Wildman–Crippen LogP) is 3.46. The summed E-state index contributed by atoms with van der Waals surface area (Å²) in [7, 11) is 1.78. The summed E-state index contributed by atoms with van der Waals surface area (Å²) in [5.74, 6) is 0.684. The van der Waals surface area contributed by atoms with Gasteiger partial charge in [0.15, 0.2) is 0 Å². The number of nitrogens with two attached hydrogens (primary N) is 1. The largest absolute Gasteiger partial charge is 0.384 e. The molecule has 1 aliphatic heterocycles. The molecule has 1 atom stereocenters. The summed E-state index contributed by atoms with van der Waals surface area (Å²) in [6, 6.07) is 6.20. The number of methoxy groups -OCH3 is 1. The number of rotatable bonds is 5. The fourth-order valence-corrected chi connectivity index (χ4v) is 3.86. The molecule has 1 aromatic rings. The molecule has 0 amide bonds. The fraction of sp³-hybridized carbons (Fsp3) is 0.600. The Bertz CT molecular complexity index is 436. The lowest BCUT2D eigenvalue weighted by atomic mass is 9.95. The second-order valence-corrected chi connectivity index (χ2v) is 6.64. The van der Waals surface area contributed by atoms with Crippen LogP contribution >= 0.6 is 27.5 Å². The highest BCUT2D eigenvalue weighted by atomic mass is 79.9. The van der Waals surface area contributed by atoms with Crippen LogP contribution in [-0.2, 0) is 4.74 Å². The van der Waals surface area contributed by atoms with Crippen LogP contribution in [0, 0.1) is 5.92 Å². The Morgan fingerprint density at radius 2 is 2.15 bits per heavy atom. The smallest absolute Gasteiger partial charge is 0.0491 e. The average molecular weight is 362 g/mol. The Kier molecular flexibility index (Phi) is 6.30. The van der Waals surface area contributed by atoms with Gasteiger partial charge < -0.3 is 10.5 Å². The predicted molar refractivity (Wildman–Crippen MR) is 87.1 cm³/mol. The molecule has 0 bridgehead atoms. The van der Waals surface area contributed by atoms with Gasteiger partial charge in [0.25, 0.3) is 0 Å². The van der Waals surface area contributed by atoms with Crippen LogP contribution in [0.1, 0.15) is 24.4 Å². The SMILES string of the molecule is COCC1CCN(C(CN)c2ccc(Cl)cc2Br)CC1. The van der Waals surface area contributed by atoms with E-state index in [1.807, 2.05) is 12.1 Å². The molecule has 112 valence electrons. The Labute approximate surface area is 134 Å². The first-order valence-corrected chi connectivity index (χ1v) is 8.20.